The molecule has 0 fully saturated rings. The Morgan fingerprint density at radius 2 is 2.13 bits per heavy atom. The summed E-state index contributed by atoms with van der Waals surface area (Å²) in [5, 5.41) is 3.80. The Balaban J connectivity index is 2.26. The third-order valence-electron chi connectivity index (χ3n) is 2.10. The second-order valence-electron chi connectivity index (χ2n) is 4.60. The molecule has 0 radical (unpaired) electrons. The fraction of sp³-hybridized carbons (Fsp3) is 0.455. The third-order valence-corrected chi connectivity index (χ3v) is 2.30. The molecule has 0 bridgehead atoms. The summed E-state index contributed by atoms with van der Waals surface area (Å²) in [6, 6.07) is 1.89. The van der Waals surface area contributed by atoms with Gasteiger partial charge in [0.15, 0.2) is 6.23 Å². The van der Waals surface area contributed by atoms with E-state index in [2.05, 4.69) is 10.3 Å². The summed E-state index contributed by atoms with van der Waals surface area (Å²) >= 11 is 5.91. The summed E-state index contributed by atoms with van der Waals surface area (Å²) < 4.78 is 5.88. The number of aromatic nitrogens is 1. The van der Waals surface area contributed by atoms with Gasteiger partial charge >= 0.3 is 0 Å². The van der Waals surface area contributed by atoms with Gasteiger partial charge in [0.1, 0.15) is 5.15 Å². The minimum Gasteiger partial charge on any atom is -0.362 e. The summed E-state index contributed by atoms with van der Waals surface area (Å²) in [6.07, 6.45) is 3.68. The van der Waals surface area contributed by atoms with Gasteiger partial charge in [0.25, 0.3) is 0 Å². The summed E-state index contributed by atoms with van der Waals surface area (Å²) in [4.78, 5) is 3.07. The van der Waals surface area contributed by atoms with Crippen molar-refractivity contribution in [1.82, 2.24) is 10.3 Å². The van der Waals surface area contributed by atoms with E-state index < -0.39 is 0 Å². The molecule has 0 amide bonds. The molecule has 1 atom stereocenters. The third kappa shape index (κ3) is 2.36. The highest BCUT2D eigenvalue weighted by atomic mass is 35.5. The normalized spacial score (nSPS) is 19.9. The number of hydrogen-bond donors (Lipinski definition) is 2. The summed E-state index contributed by atoms with van der Waals surface area (Å²) in [5.74, 6) is 0. The van der Waals surface area contributed by atoms with Crippen molar-refractivity contribution in [3.63, 3.8) is 0 Å². The quantitative estimate of drug-likeness (QED) is 0.772. The molecule has 0 saturated carbocycles. The molecule has 0 spiro atoms. The molecule has 2 N–H and O–H groups in total. The number of aromatic amines is 1. The lowest BCUT2D eigenvalue weighted by molar-refractivity contribution is -0.0718. The maximum absolute atomic E-state index is 5.91. The number of halogens is 1. The lowest BCUT2D eigenvalue weighted by Gasteiger charge is -2.29. The van der Waals surface area contributed by atoms with Gasteiger partial charge in [-0.25, -0.2) is 0 Å². The number of nitrogens with one attached hydrogen (secondary N) is 2. The van der Waals surface area contributed by atoms with Crippen molar-refractivity contribution in [2.45, 2.75) is 32.6 Å². The number of H-pyrrole nitrogens is 1. The average Bonchev–Trinajstić information content (AvgIpc) is 2.43. The second-order valence-corrected chi connectivity index (χ2v) is 5.00. The molecular weight excluding hydrogens is 212 g/mol. The molecule has 0 aliphatic carbocycles. The van der Waals surface area contributed by atoms with Gasteiger partial charge in [-0.15, -0.1) is 0 Å². The van der Waals surface area contributed by atoms with Crippen LogP contribution in [0.5, 0.6) is 0 Å². The van der Waals surface area contributed by atoms with Gasteiger partial charge in [0.05, 0.1) is 5.60 Å². The van der Waals surface area contributed by atoms with Gasteiger partial charge in [0.2, 0.25) is 0 Å². The maximum atomic E-state index is 5.91. The molecule has 1 aliphatic heterocycles. The van der Waals surface area contributed by atoms with E-state index in [-0.39, 0.29) is 11.8 Å². The smallest absolute Gasteiger partial charge is 0.156 e. The molecule has 0 saturated heterocycles. The first-order valence-electron chi connectivity index (χ1n) is 4.94. The molecule has 1 aromatic heterocycles. The molecule has 1 aromatic rings. The Morgan fingerprint density at radius 3 is 2.80 bits per heavy atom. The molecule has 3 nitrogen and oxygen atoms in total. The molecule has 1 unspecified atom stereocenters. The Kier molecular flexibility index (Phi) is 2.52. The minimum atomic E-state index is -0.191. The lowest BCUT2D eigenvalue weighted by Crippen LogP contribution is -2.30. The monoisotopic (exact) mass is 226 g/mol. The van der Waals surface area contributed by atoms with Crippen molar-refractivity contribution in [3.8, 4) is 0 Å². The predicted molar refractivity (Wildman–Crippen MR) is 61.6 cm³/mol. The van der Waals surface area contributed by atoms with Gasteiger partial charge in [0, 0.05) is 17.5 Å². The molecule has 1 aliphatic rings. The van der Waals surface area contributed by atoms with E-state index in [1.807, 2.05) is 39.1 Å². The number of rotatable bonds is 1. The maximum Gasteiger partial charge on any atom is 0.156 e. The van der Waals surface area contributed by atoms with Crippen LogP contribution in [0.25, 0.3) is 6.08 Å². The van der Waals surface area contributed by atoms with Crippen LogP contribution in [0, 0.1) is 0 Å². The predicted octanol–water partition coefficient (Wildman–Crippen LogP) is 3.06. The molecule has 82 valence electrons. The van der Waals surface area contributed by atoms with Crippen LogP contribution in [0.4, 0.5) is 0 Å². The fourth-order valence-electron chi connectivity index (χ4n) is 1.57. The zero-order valence-electron chi connectivity index (χ0n) is 9.10. The second kappa shape index (κ2) is 3.58. The van der Waals surface area contributed by atoms with Crippen molar-refractivity contribution in [3.05, 3.63) is 28.7 Å². The van der Waals surface area contributed by atoms with Crippen molar-refractivity contribution in [2.24, 2.45) is 0 Å². The molecule has 0 aromatic carbocycles. The van der Waals surface area contributed by atoms with Crippen molar-refractivity contribution >= 4 is 17.7 Å². The van der Waals surface area contributed by atoms with Gasteiger partial charge in [-0.1, -0.05) is 11.6 Å². The first-order valence-corrected chi connectivity index (χ1v) is 5.32. The summed E-state index contributed by atoms with van der Waals surface area (Å²) in [6.45, 7) is 6.09. The van der Waals surface area contributed by atoms with E-state index in [1.54, 1.807) is 0 Å². The molecule has 2 rings (SSSR count). The molecular formula is C11H15ClN2O. The van der Waals surface area contributed by atoms with E-state index in [9.17, 15) is 0 Å². The zero-order valence-corrected chi connectivity index (χ0v) is 9.85. The molecule has 4 heteroatoms. The van der Waals surface area contributed by atoms with E-state index in [1.165, 1.54) is 0 Å². The molecule has 2 heterocycles. The van der Waals surface area contributed by atoms with Crippen molar-refractivity contribution < 1.29 is 4.74 Å². The topological polar surface area (TPSA) is 37.0 Å². The van der Waals surface area contributed by atoms with Crippen molar-refractivity contribution in [1.29, 1.82) is 0 Å². The van der Waals surface area contributed by atoms with Gasteiger partial charge in [-0.05, 0) is 32.9 Å². The van der Waals surface area contributed by atoms with E-state index in [0.29, 0.717) is 5.15 Å². The number of hydrogen-bond acceptors (Lipinski definition) is 2. The highest BCUT2D eigenvalue weighted by molar-refractivity contribution is 6.29. The highest BCUT2D eigenvalue weighted by Crippen LogP contribution is 2.29. The van der Waals surface area contributed by atoms with Crippen LogP contribution in [0.2, 0.25) is 5.15 Å². The van der Waals surface area contributed by atoms with E-state index in [0.717, 1.165) is 11.3 Å². The van der Waals surface area contributed by atoms with Crippen LogP contribution in [-0.2, 0) is 4.74 Å². The standard InChI is InChI=1S/C11H15ClN2O/c1-11(2,3)15-10-7-6-9(12)14-8(7)4-5-13-10/h4-6,10,13-14H,1-3H3. The van der Waals surface area contributed by atoms with Gasteiger partial charge in [-0.3, -0.25) is 0 Å². The highest BCUT2D eigenvalue weighted by Gasteiger charge is 2.24. The van der Waals surface area contributed by atoms with Crippen LogP contribution in [0.15, 0.2) is 12.3 Å². The van der Waals surface area contributed by atoms with Crippen LogP contribution < -0.4 is 5.32 Å². The Bertz CT molecular complexity index is 390. The Hall–Kier alpha value is -0.930. The van der Waals surface area contributed by atoms with Gasteiger partial charge in [-0.2, -0.15) is 0 Å². The Morgan fingerprint density at radius 1 is 1.40 bits per heavy atom. The Labute approximate surface area is 94.5 Å². The summed E-state index contributed by atoms with van der Waals surface area (Å²) in [7, 11) is 0. The first-order chi connectivity index (χ1) is 6.96. The van der Waals surface area contributed by atoms with Crippen LogP contribution >= 0.6 is 11.6 Å². The average molecular weight is 227 g/mol. The number of ether oxygens (including phenoxy) is 1. The largest absolute Gasteiger partial charge is 0.362 e. The van der Waals surface area contributed by atoms with E-state index in [4.69, 9.17) is 16.3 Å². The minimum absolute atomic E-state index is 0.131. The molecule has 15 heavy (non-hydrogen) atoms. The van der Waals surface area contributed by atoms with Crippen LogP contribution in [-0.4, -0.2) is 10.6 Å². The lowest BCUT2D eigenvalue weighted by atomic mass is 10.1. The zero-order chi connectivity index (χ0) is 11.1. The first kappa shape index (κ1) is 10.6. The summed E-state index contributed by atoms with van der Waals surface area (Å²) in [5.41, 5.74) is 1.87. The van der Waals surface area contributed by atoms with Gasteiger partial charge < -0.3 is 15.0 Å². The fourth-order valence-corrected chi connectivity index (χ4v) is 1.79. The van der Waals surface area contributed by atoms with E-state index >= 15 is 0 Å². The number of fused-ring (bicyclic) bond motifs is 1. The SMILES string of the molecule is CC(C)(C)OC1NC=Cc2[nH]c(Cl)cc21. The van der Waals surface area contributed by atoms with Crippen LogP contribution in [0.3, 0.4) is 0 Å². The van der Waals surface area contributed by atoms with Crippen LogP contribution in [0.1, 0.15) is 38.3 Å². The van der Waals surface area contributed by atoms with Crippen molar-refractivity contribution in [2.75, 3.05) is 0 Å².